The molecule has 2 N–H and O–H groups in total. The van der Waals surface area contributed by atoms with E-state index in [-0.39, 0.29) is 18.1 Å². The Labute approximate surface area is 147 Å². The number of carbonyl (C=O) groups is 2. The fourth-order valence-electron chi connectivity index (χ4n) is 2.18. The molecule has 5 nitrogen and oxygen atoms in total. The first-order valence-corrected chi connectivity index (χ1v) is 8.17. The number of halogens is 1. The number of amides is 1. The van der Waals surface area contributed by atoms with E-state index >= 15 is 0 Å². The maximum Gasteiger partial charge on any atom is 0.307 e. The van der Waals surface area contributed by atoms with E-state index in [4.69, 9.17) is 5.11 Å². The van der Waals surface area contributed by atoms with Gasteiger partial charge in [-0.15, -0.1) is 0 Å². The number of aliphatic carboxylic acids is 1. The molecule has 0 saturated carbocycles. The Hall–Kier alpha value is -2.93. The van der Waals surface area contributed by atoms with Crippen molar-refractivity contribution in [1.82, 2.24) is 0 Å². The summed E-state index contributed by atoms with van der Waals surface area (Å²) in [6.07, 6.45) is 1.61. The van der Waals surface area contributed by atoms with Crippen molar-refractivity contribution in [1.29, 1.82) is 0 Å². The predicted octanol–water partition coefficient (Wildman–Crippen LogP) is 3.54. The summed E-state index contributed by atoms with van der Waals surface area (Å²) in [5.74, 6) is -1.59. The van der Waals surface area contributed by atoms with E-state index in [2.05, 4.69) is 10.3 Å². The average molecular weight is 356 g/mol. The Morgan fingerprint density at radius 1 is 1.16 bits per heavy atom. The van der Waals surface area contributed by atoms with E-state index in [1.165, 1.54) is 23.9 Å². The molecule has 0 radical (unpaired) electrons. The number of hydrogen-bond acceptors (Lipinski definition) is 4. The summed E-state index contributed by atoms with van der Waals surface area (Å²) < 4.78 is 12.9. The molecule has 1 aliphatic rings. The largest absolute Gasteiger partial charge is 0.481 e. The van der Waals surface area contributed by atoms with Crippen LogP contribution in [-0.2, 0) is 16.0 Å². The Morgan fingerprint density at radius 3 is 2.48 bits per heavy atom. The van der Waals surface area contributed by atoms with Crippen molar-refractivity contribution >= 4 is 40.6 Å². The number of hydrogen-bond donors (Lipinski definition) is 2. The lowest BCUT2D eigenvalue weighted by Crippen LogP contribution is -2.05. The SMILES string of the molecule is O=C(O)Cc1ccc(NC2=NC(=O)C(=Cc3ccc(F)cc3)S2)cc1. The molecular weight excluding hydrogens is 343 g/mol. The maximum absolute atomic E-state index is 12.9. The van der Waals surface area contributed by atoms with Gasteiger partial charge in [0.05, 0.1) is 11.3 Å². The number of nitrogens with one attached hydrogen (secondary N) is 1. The van der Waals surface area contributed by atoms with Gasteiger partial charge in [0.15, 0.2) is 5.17 Å². The molecule has 0 bridgehead atoms. The molecule has 1 heterocycles. The van der Waals surface area contributed by atoms with Gasteiger partial charge in [-0.2, -0.15) is 4.99 Å². The molecule has 0 aromatic heterocycles. The average Bonchev–Trinajstić information content (AvgIpc) is 2.90. The van der Waals surface area contributed by atoms with Crippen LogP contribution >= 0.6 is 11.8 Å². The minimum Gasteiger partial charge on any atom is -0.481 e. The van der Waals surface area contributed by atoms with Gasteiger partial charge in [-0.1, -0.05) is 24.3 Å². The Morgan fingerprint density at radius 2 is 1.84 bits per heavy atom. The highest BCUT2D eigenvalue weighted by Crippen LogP contribution is 2.29. The van der Waals surface area contributed by atoms with Crippen molar-refractivity contribution in [3.8, 4) is 0 Å². The number of nitrogens with zero attached hydrogens (tertiary/aromatic N) is 1. The first-order valence-electron chi connectivity index (χ1n) is 7.35. The number of carbonyl (C=O) groups excluding carboxylic acids is 1. The lowest BCUT2D eigenvalue weighted by atomic mass is 10.1. The highest BCUT2D eigenvalue weighted by Gasteiger charge is 2.21. The number of rotatable bonds is 4. The molecule has 0 unspecified atom stereocenters. The molecule has 25 heavy (non-hydrogen) atoms. The van der Waals surface area contributed by atoms with Gasteiger partial charge in [-0.05, 0) is 53.2 Å². The third kappa shape index (κ3) is 4.54. The summed E-state index contributed by atoms with van der Waals surface area (Å²) >= 11 is 1.19. The van der Waals surface area contributed by atoms with Gasteiger partial charge in [0.2, 0.25) is 0 Å². The maximum atomic E-state index is 12.9. The predicted molar refractivity (Wildman–Crippen MR) is 95.8 cm³/mol. The molecule has 1 amide bonds. The smallest absolute Gasteiger partial charge is 0.307 e. The highest BCUT2D eigenvalue weighted by molar-refractivity contribution is 8.18. The molecule has 3 rings (SSSR count). The Bertz CT molecular complexity index is 874. The number of carboxylic acid groups (broad SMARTS) is 1. The number of aliphatic imine (C=N–C) groups is 1. The zero-order chi connectivity index (χ0) is 17.8. The molecule has 0 fully saturated rings. The van der Waals surface area contributed by atoms with E-state index in [0.717, 1.165) is 0 Å². The summed E-state index contributed by atoms with van der Waals surface area (Å²) in [5.41, 5.74) is 2.11. The zero-order valence-electron chi connectivity index (χ0n) is 12.9. The molecule has 126 valence electrons. The normalized spacial score (nSPS) is 15.3. The summed E-state index contributed by atoms with van der Waals surface area (Å²) in [6.45, 7) is 0. The molecule has 1 aliphatic heterocycles. The lowest BCUT2D eigenvalue weighted by molar-refractivity contribution is -0.136. The molecule has 0 aliphatic carbocycles. The van der Waals surface area contributed by atoms with Crippen LogP contribution in [0.1, 0.15) is 11.1 Å². The van der Waals surface area contributed by atoms with Gasteiger partial charge in [-0.25, -0.2) is 4.39 Å². The summed E-state index contributed by atoms with van der Waals surface area (Å²) in [6, 6.07) is 12.7. The van der Waals surface area contributed by atoms with Gasteiger partial charge in [-0.3, -0.25) is 9.59 Å². The molecule has 0 atom stereocenters. The number of carboxylic acids is 1. The van der Waals surface area contributed by atoms with Gasteiger partial charge < -0.3 is 10.4 Å². The van der Waals surface area contributed by atoms with Crippen LogP contribution in [0.25, 0.3) is 6.08 Å². The van der Waals surface area contributed by atoms with Gasteiger partial charge in [0.1, 0.15) is 5.82 Å². The second-order valence-electron chi connectivity index (χ2n) is 5.28. The first-order chi connectivity index (χ1) is 12.0. The van der Waals surface area contributed by atoms with E-state index in [1.54, 1.807) is 42.5 Å². The van der Waals surface area contributed by atoms with Crippen LogP contribution in [0.3, 0.4) is 0 Å². The third-order valence-corrected chi connectivity index (χ3v) is 4.25. The highest BCUT2D eigenvalue weighted by atomic mass is 32.2. The van der Waals surface area contributed by atoms with E-state index < -0.39 is 5.97 Å². The van der Waals surface area contributed by atoms with Crippen LogP contribution in [0.15, 0.2) is 58.4 Å². The summed E-state index contributed by atoms with van der Waals surface area (Å²) in [7, 11) is 0. The van der Waals surface area contributed by atoms with E-state index in [0.29, 0.717) is 26.9 Å². The Balaban J connectivity index is 1.66. The van der Waals surface area contributed by atoms with Crippen LogP contribution in [0, 0.1) is 5.82 Å². The monoisotopic (exact) mass is 356 g/mol. The summed E-state index contributed by atoms with van der Waals surface area (Å²) in [4.78, 5) is 27.0. The standard InChI is InChI=1S/C18H13FN2O3S/c19-13-5-1-11(2-6-13)9-15-17(24)21-18(25-15)20-14-7-3-12(4-8-14)10-16(22)23/h1-9H,10H2,(H,22,23)(H,20,21,24). The van der Waals surface area contributed by atoms with Gasteiger partial charge in [0.25, 0.3) is 5.91 Å². The minimum atomic E-state index is -0.891. The quantitative estimate of drug-likeness (QED) is 0.820. The van der Waals surface area contributed by atoms with Crippen LogP contribution in [0.4, 0.5) is 10.1 Å². The Kier molecular flexibility index (Phi) is 4.95. The molecule has 0 saturated heterocycles. The molecule has 0 spiro atoms. The van der Waals surface area contributed by atoms with Gasteiger partial charge in [0, 0.05) is 5.69 Å². The molecule has 2 aromatic rings. The van der Waals surface area contributed by atoms with Crippen molar-refractivity contribution in [3.05, 3.63) is 70.4 Å². The third-order valence-electron chi connectivity index (χ3n) is 3.35. The van der Waals surface area contributed by atoms with E-state index in [1.807, 2.05) is 0 Å². The van der Waals surface area contributed by atoms with Crippen LogP contribution < -0.4 is 5.32 Å². The van der Waals surface area contributed by atoms with Crippen molar-refractivity contribution in [3.63, 3.8) is 0 Å². The fraction of sp³-hybridized carbons (Fsp3) is 0.0556. The first kappa shape index (κ1) is 16.9. The molecule has 2 aromatic carbocycles. The van der Waals surface area contributed by atoms with Crippen LogP contribution in [-0.4, -0.2) is 22.2 Å². The van der Waals surface area contributed by atoms with Crippen molar-refractivity contribution in [2.24, 2.45) is 4.99 Å². The number of benzene rings is 2. The lowest BCUT2D eigenvalue weighted by Gasteiger charge is -2.05. The summed E-state index contributed by atoms with van der Waals surface area (Å²) in [5, 5.41) is 12.2. The van der Waals surface area contributed by atoms with E-state index in [9.17, 15) is 14.0 Å². The fourth-order valence-corrected chi connectivity index (χ4v) is 3.01. The second kappa shape index (κ2) is 7.31. The topological polar surface area (TPSA) is 78.8 Å². The van der Waals surface area contributed by atoms with Crippen molar-refractivity contribution < 1.29 is 19.1 Å². The minimum absolute atomic E-state index is 0.0426. The van der Waals surface area contributed by atoms with Crippen molar-refractivity contribution in [2.75, 3.05) is 5.32 Å². The second-order valence-corrected chi connectivity index (χ2v) is 6.31. The van der Waals surface area contributed by atoms with Crippen molar-refractivity contribution in [2.45, 2.75) is 6.42 Å². The molecule has 7 heteroatoms. The van der Waals surface area contributed by atoms with Crippen LogP contribution in [0.2, 0.25) is 0 Å². The number of anilines is 1. The van der Waals surface area contributed by atoms with Gasteiger partial charge >= 0.3 is 5.97 Å². The van der Waals surface area contributed by atoms with Crippen LogP contribution in [0.5, 0.6) is 0 Å². The number of thioether (sulfide) groups is 1. The number of amidine groups is 1. The molecular formula is C18H13FN2O3S. The zero-order valence-corrected chi connectivity index (χ0v) is 13.7.